The number of ether oxygens (including phenoxy) is 1. The van der Waals surface area contributed by atoms with Crippen LogP contribution in [0, 0.1) is 5.82 Å². The summed E-state index contributed by atoms with van der Waals surface area (Å²) in [5.41, 5.74) is 0.529. The summed E-state index contributed by atoms with van der Waals surface area (Å²) in [7, 11) is 1.31. The first-order chi connectivity index (χ1) is 7.77. The first-order valence-corrected chi connectivity index (χ1v) is 4.25. The normalized spacial score (nSPS) is 8.88. The van der Waals surface area contributed by atoms with Crippen molar-refractivity contribution in [1.82, 2.24) is 9.97 Å². The standard InChI is InChI=1S/C8H5FN2O.C2H4O2/c9-6-1-2-7(11-5-6)8-10-3-4-12-8;1-4-2-3/h1-5H;2H,1H3. The Balaban J connectivity index is 0.000000280. The first-order valence-electron chi connectivity index (χ1n) is 4.25. The van der Waals surface area contributed by atoms with Crippen LogP contribution in [0.2, 0.25) is 0 Å². The Morgan fingerprint density at radius 3 is 2.62 bits per heavy atom. The van der Waals surface area contributed by atoms with Crippen LogP contribution in [-0.4, -0.2) is 23.5 Å². The van der Waals surface area contributed by atoms with Crippen LogP contribution in [0.15, 0.2) is 35.2 Å². The van der Waals surface area contributed by atoms with E-state index in [9.17, 15) is 4.39 Å². The van der Waals surface area contributed by atoms with Crippen molar-refractivity contribution in [2.45, 2.75) is 0 Å². The zero-order valence-corrected chi connectivity index (χ0v) is 8.46. The second-order valence-electron chi connectivity index (χ2n) is 2.53. The van der Waals surface area contributed by atoms with Crippen molar-refractivity contribution in [3.8, 4) is 11.6 Å². The molecule has 16 heavy (non-hydrogen) atoms. The second-order valence-corrected chi connectivity index (χ2v) is 2.53. The predicted molar refractivity (Wildman–Crippen MR) is 52.8 cm³/mol. The number of carbonyl (C=O) groups is 1. The van der Waals surface area contributed by atoms with Gasteiger partial charge in [0.25, 0.3) is 6.47 Å². The summed E-state index contributed by atoms with van der Waals surface area (Å²) in [6.07, 6.45) is 4.08. The number of oxazole rings is 1. The summed E-state index contributed by atoms with van der Waals surface area (Å²) in [4.78, 5) is 16.6. The highest BCUT2D eigenvalue weighted by molar-refractivity contribution is 5.45. The average molecular weight is 224 g/mol. The number of methoxy groups -OCH3 is 1. The van der Waals surface area contributed by atoms with E-state index in [0.717, 1.165) is 6.20 Å². The number of rotatable bonds is 2. The molecule has 0 aliphatic heterocycles. The highest BCUT2D eigenvalue weighted by atomic mass is 19.1. The summed E-state index contributed by atoms with van der Waals surface area (Å²) in [5, 5.41) is 0. The van der Waals surface area contributed by atoms with E-state index in [2.05, 4.69) is 14.7 Å². The van der Waals surface area contributed by atoms with Crippen molar-refractivity contribution >= 4 is 6.47 Å². The number of nitrogens with zero attached hydrogens (tertiary/aromatic N) is 2. The number of pyridine rings is 1. The molecule has 0 N–H and O–H groups in total. The molecule has 0 aliphatic carbocycles. The first kappa shape index (κ1) is 11.8. The van der Waals surface area contributed by atoms with Crippen molar-refractivity contribution < 1.29 is 18.3 Å². The molecule has 0 aromatic carbocycles. The molecule has 5 nitrogen and oxygen atoms in total. The van der Waals surface area contributed by atoms with E-state index in [1.54, 1.807) is 0 Å². The minimum absolute atomic E-state index is 0.370. The van der Waals surface area contributed by atoms with Crippen LogP contribution >= 0.6 is 0 Å². The third-order valence-electron chi connectivity index (χ3n) is 1.48. The van der Waals surface area contributed by atoms with E-state index in [1.165, 1.54) is 31.7 Å². The summed E-state index contributed by atoms with van der Waals surface area (Å²) in [6.45, 7) is 0.375. The molecule has 0 bridgehead atoms. The van der Waals surface area contributed by atoms with Gasteiger partial charge in [-0.05, 0) is 12.1 Å². The molecular weight excluding hydrogens is 215 g/mol. The van der Waals surface area contributed by atoms with Crippen LogP contribution in [-0.2, 0) is 9.53 Å². The molecule has 84 valence electrons. The lowest BCUT2D eigenvalue weighted by Gasteiger charge is -1.92. The van der Waals surface area contributed by atoms with Crippen molar-refractivity contribution in [2.24, 2.45) is 0 Å². The highest BCUT2D eigenvalue weighted by Gasteiger charge is 2.02. The third kappa shape index (κ3) is 3.49. The van der Waals surface area contributed by atoms with E-state index in [4.69, 9.17) is 9.21 Å². The molecule has 2 aromatic rings. The largest absolute Gasteiger partial charge is 0.471 e. The lowest BCUT2D eigenvalue weighted by Crippen LogP contribution is -1.83. The smallest absolute Gasteiger partial charge is 0.292 e. The van der Waals surface area contributed by atoms with Crippen molar-refractivity contribution in [2.75, 3.05) is 7.11 Å². The van der Waals surface area contributed by atoms with Gasteiger partial charge < -0.3 is 9.15 Å². The van der Waals surface area contributed by atoms with E-state index in [-0.39, 0.29) is 5.82 Å². The van der Waals surface area contributed by atoms with Crippen LogP contribution < -0.4 is 0 Å². The monoisotopic (exact) mass is 224 g/mol. The maximum atomic E-state index is 12.4. The maximum absolute atomic E-state index is 12.4. The zero-order valence-electron chi connectivity index (χ0n) is 8.46. The quantitative estimate of drug-likeness (QED) is 0.726. The molecule has 0 saturated carbocycles. The number of hydrogen-bond acceptors (Lipinski definition) is 5. The van der Waals surface area contributed by atoms with Crippen molar-refractivity contribution in [1.29, 1.82) is 0 Å². The molecule has 0 amide bonds. The second kappa shape index (κ2) is 6.28. The van der Waals surface area contributed by atoms with Crippen LogP contribution in [0.3, 0.4) is 0 Å². The molecule has 0 unspecified atom stereocenters. The van der Waals surface area contributed by atoms with E-state index in [1.807, 2.05) is 0 Å². The fourth-order valence-electron chi connectivity index (χ4n) is 0.852. The lowest BCUT2D eigenvalue weighted by atomic mass is 10.3. The fourth-order valence-corrected chi connectivity index (χ4v) is 0.852. The number of carbonyl (C=O) groups excluding carboxylic acids is 1. The molecule has 2 heterocycles. The summed E-state index contributed by atoms with van der Waals surface area (Å²) in [5.74, 6) is 0.0281. The van der Waals surface area contributed by atoms with Gasteiger partial charge in [0.05, 0.1) is 19.5 Å². The van der Waals surface area contributed by atoms with Gasteiger partial charge in [0.1, 0.15) is 17.8 Å². The number of aromatic nitrogens is 2. The van der Waals surface area contributed by atoms with E-state index >= 15 is 0 Å². The fraction of sp³-hybridized carbons (Fsp3) is 0.100. The van der Waals surface area contributed by atoms with Gasteiger partial charge in [0, 0.05) is 0 Å². The SMILES string of the molecule is COC=O.Fc1ccc(-c2ncco2)nc1. The minimum Gasteiger partial charge on any atom is -0.471 e. The molecule has 2 rings (SSSR count). The Kier molecular flexibility index (Phi) is 4.65. The Bertz CT molecular complexity index is 414. The van der Waals surface area contributed by atoms with Crippen molar-refractivity contribution in [3.05, 3.63) is 36.6 Å². The predicted octanol–water partition coefficient (Wildman–Crippen LogP) is 1.66. The Morgan fingerprint density at radius 2 is 2.19 bits per heavy atom. The third-order valence-corrected chi connectivity index (χ3v) is 1.48. The topological polar surface area (TPSA) is 65.2 Å². The van der Waals surface area contributed by atoms with E-state index in [0.29, 0.717) is 18.1 Å². The summed E-state index contributed by atoms with van der Waals surface area (Å²) in [6, 6.07) is 2.83. The Morgan fingerprint density at radius 1 is 1.44 bits per heavy atom. The number of halogens is 1. The van der Waals surface area contributed by atoms with Gasteiger partial charge >= 0.3 is 0 Å². The molecule has 0 radical (unpaired) electrons. The molecule has 0 saturated heterocycles. The van der Waals surface area contributed by atoms with Gasteiger partial charge in [-0.25, -0.2) is 14.4 Å². The van der Waals surface area contributed by atoms with E-state index < -0.39 is 0 Å². The van der Waals surface area contributed by atoms with Gasteiger partial charge in [-0.3, -0.25) is 4.79 Å². The van der Waals surface area contributed by atoms with Crippen LogP contribution in [0.1, 0.15) is 0 Å². The van der Waals surface area contributed by atoms with Crippen LogP contribution in [0.5, 0.6) is 0 Å². The Labute approximate surface area is 90.9 Å². The molecule has 0 atom stereocenters. The summed E-state index contributed by atoms with van der Waals surface area (Å²) < 4.78 is 21.2. The molecular formula is C10H9FN2O3. The molecule has 0 aliphatic rings. The van der Waals surface area contributed by atoms with Crippen LogP contribution in [0.25, 0.3) is 11.6 Å². The lowest BCUT2D eigenvalue weighted by molar-refractivity contribution is -0.126. The van der Waals surface area contributed by atoms with Gasteiger partial charge in [-0.2, -0.15) is 0 Å². The van der Waals surface area contributed by atoms with Gasteiger partial charge in [0.15, 0.2) is 0 Å². The van der Waals surface area contributed by atoms with Gasteiger partial charge in [0.2, 0.25) is 5.89 Å². The highest BCUT2D eigenvalue weighted by Crippen LogP contribution is 2.13. The number of hydrogen-bond donors (Lipinski definition) is 0. The van der Waals surface area contributed by atoms with Gasteiger partial charge in [-0.15, -0.1) is 0 Å². The average Bonchev–Trinajstić information content (AvgIpc) is 2.84. The maximum Gasteiger partial charge on any atom is 0.292 e. The zero-order chi connectivity index (χ0) is 11.8. The Hall–Kier alpha value is -2.24. The van der Waals surface area contributed by atoms with Crippen LogP contribution in [0.4, 0.5) is 4.39 Å². The molecule has 2 aromatic heterocycles. The molecule has 6 heteroatoms. The molecule has 0 spiro atoms. The summed E-state index contributed by atoms with van der Waals surface area (Å²) >= 11 is 0. The van der Waals surface area contributed by atoms with Crippen molar-refractivity contribution in [3.63, 3.8) is 0 Å². The van der Waals surface area contributed by atoms with Gasteiger partial charge in [-0.1, -0.05) is 0 Å². The minimum atomic E-state index is -0.370. The molecule has 0 fully saturated rings.